The molecule has 1 aliphatic heterocycles. The van der Waals surface area contributed by atoms with E-state index in [9.17, 15) is 20.2 Å². The van der Waals surface area contributed by atoms with Crippen molar-refractivity contribution in [2.24, 2.45) is 11.7 Å². The van der Waals surface area contributed by atoms with Gasteiger partial charge in [-0.1, -0.05) is 0 Å². The fraction of sp³-hybridized carbons (Fsp3) is 0.500. The van der Waals surface area contributed by atoms with E-state index in [1.807, 2.05) is 11.8 Å². The Labute approximate surface area is 115 Å². The standard InChI is InChI=1S/C12H16N4O4/c1-8-4-9(6-13)7-14(8)11-3-2-10(15(17)18)5-12(11)16(19)20/h2-3,5,8-9H,4,6-7,13H2,1H3. The highest BCUT2D eigenvalue weighted by Gasteiger charge is 2.33. The average molecular weight is 280 g/mol. The monoisotopic (exact) mass is 280 g/mol. The summed E-state index contributed by atoms with van der Waals surface area (Å²) in [6, 6.07) is 3.89. The number of nitro groups is 2. The molecule has 0 bridgehead atoms. The van der Waals surface area contributed by atoms with Crippen LogP contribution in [0.15, 0.2) is 18.2 Å². The van der Waals surface area contributed by atoms with Gasteiger partial charge < -0.3 is 10.6 Å². The number of nitro benzene ring substituents is 2. The van der Waals surface area contributed by atoms with Gasteiger partial charge in [0.1, 0.15) is 5.69 Å². The van der Waals surface area contributed by atoms with E-state index < -0.39 is 9.85 Å². The van der Waals surface area contributed by atoms with Crippen LogP contribution < -0.4 is 10.6 Å². The van der Waals surface area contributed by atoms with E-state index in [2.05, 4.69) is 0 Å². The Morgan fingerprint density at radius 3 is 2.55 bits per heavy atom. The zero-order valence-electron chi connectivity index (χ0n) is 11.1. The van der Waals surface area contributed by atoms with Crippen molar-refractivity contribution >= 4 is 17.1 Å². The molecule has 2 atom stereocenters. The Balaban J connectivity index is 2.41. The molecular weight excluding hydrogens is 264 g/mol. The lowest BCUT2D eigenvalue weighted by molar-refractivity contribution is -0.393. The minimum Gasteiger partial charge on any atom is -0.363 e. The van der Waals surface area contributed by atoms with Crippen molar-refractivity contribution in [3.63, 3.8) is 0 Å². The number of benzene rings is 1. The summed E-state index contributed by atoms with van der Waals surface area (Å²) in [6.07, 6.45) is 0.866. The second kappa shape index (κ2) is 5.41. The zero-order valence-corrected chi connectivity index (χ0v) is 11.1. The SMILES string of the molecule is CC1CC(CN)CN1c1ccc([N+](=O)[O-])cc1[N+](=O)[O-]. The first kappa shape index (κ1) is 14.2. The molecule has 0 amide bonds. The summed E-state index contributed by atoms with van der Waals surface area (Å²) in [4.78, 5) is 22.6. The van der Waals surface area contributed by atoms with Gasteiger partial charge in [-0.15, -0.1) is 0 Å². The molecule has 8 nitrogen and oxygen atoms in total. The van der Waals surface area contributed by atoms with Gasteiger partial charge in [-0.2, -0.15) is 0 Å². The molecule has 0 radical (unpaired) electrons. The molecular formula is C12H16N4O4. The van der Waals surface area contributed by atoms with Crippen LogP contribution in [0.3, 0.4) is 0 Å². The topological polar surface area (TPSA) is 116 Å². The molecule has 0 aromatic heterocycles. The van der Waals surface area contributed by atoms with E-state index in [1.165, 1.54) is 12.1 Å². The van der Waals surface area contributed by atoms with Crippen molar-refractivity contribution in [1.82, 2.24) is 0 Å². The van der Waals surface area contributed by atoms with Gasteiger partial charge in [0.15, 0.2) is 0 Å². The average Bonchev–Trinajstić information content (AvgIpc) is 2.79. The summed E-state index contributed by atoms with van der Waals surface area (Å²) in [5, 5.41) is 21.9. The van der Waals surface area contributed by atoms with Crippen LogP contribution >= 0.6 is 0 Å². The Hall–Kier alpha value is -2.22. The van der Waals surface area contributed by atoms with Crippen LogP contribution in [0.4, 0.5) is 17.1 Å². The van der Waals surface area contributed by atoms with Gasteiger partial charge in [-0.3, -0.25) is 20.2 Å². The van der Waals surface area contributed by atoms with Crippen LogP contribution in [0, 0.1) is 26.1 Å². The molecule has 0 aliphatic carbocycles. The van der Waals surface area contributed by atoms with Gasteiger partial charge in [-0.05, 0) is 31.9 Å². The normalized spacial score (nSPS) is 22.0. The van der Waals surface area contributed by atoms with Crippen molar-refractivity contribution in [3.8, 4) is 0 Å². The van der Waals surface area contributed by atoms with Crippen LogP contribution in [0.2, 0.25) is 0 Å². The van der Waals surface area contributed by atoms with E-state index in [4.69, 9.17) is 5.73 Å². The molecule has 1 aromatic carbocycles. The molecule has 1 saturated heterocycles. The van der Waals surface area contributed by atoms with E-state index in [-0.39, 0.29) is 17.4 Å². The third kappa shape index (κ3) is 2.55. The Morgan fingerprint density at radius 1 is 1.35 bits per heavy atom. The summed E-state index contributed by atoms with van der Waals surface area (Å²) in [5.41, 5.74) is 5.56. The molecule has 1 aliphatic rings. The number of non-ortho nitro benzene ring substituents is 1. The number of rotatable bonds is 4. The van der Waals surface area contributed by atoms with E-state index >= 15 is 0 Å². The summed E-state index contributed by atoms with van der Waals surface area (Å²) in [7, 11) is 0. The maximum absolute atomic E-state index is 11.1. The molecule has 0 saturated carbocycles. The molecule has 1 heterocycles. The van der Waals surface area contributed by atoms with Crippen molar-refractivity contribution < 1.29 is 9.85 Å². The second-order valence-electron chi connectivity index (χ2n) is 5.03. The van der Waals surface area contributed by atoms with E-state index in [0.717, 1.165) is 12.5 Å². The zero-order chi connectivity index (χ0) is 14.9. The summed E-state index contributed by atoms with van der Waals surface area (Å²) in [5.74, 6) is 0.291. The van der Waals surface area contributed by atoms with Crippen LogP contribution in [0.5, 0.6) is 0 Å². The molecule has 1 fully saturated rings. The number of anilines is 1. The number of hydrogen-bond donors (Lipinski definition) is 1. The maximum Gasteiger partial charge on any atom is 0.299 e. The van der Waals surface area contributed by atoms with Gasteiger partial charge in [0.2, 0.25) is 0 Å². The lowest BCUT2D eigenvalue weighted by Crippen LogP contribution is -2.28. The third-order valence-electron chi connectivity index (χ3n) is 3.67. The van der Waals surface area contributed by atoms with Crippen molar-refractivity contribution in [2.45, 2.75) is 19.4 Å². The summed E-state index contributed by atoms with van der Waals surface area (Å²) in [6.45, 7) is 3.14. The predicted molar refractivity (Wildman–Crippen MR) is 73.7 cm³/mol. The Kier molecular flexibility index (Phi) is 3.84. The lowest BCUT2D eigenvalue weighted by atomic mass is 10.1. The summed E-state index contributed by atoms with van der Waals surface area (Å²) < 4.78 is 0. The van der Waals surface area contributed by atoms with E-state index in [1.54, 1.807) is 0 Å². The van der Waals surface area contributed by atoms with Crippen molar-refractivity contribution in [3.05, 3.63) is 38.4 Å². The smallest absolute Gasteiger partial charge is 0.299 e. The summed E-state index contributed by atoms with van der Waals surface area (Å²) >= 11 is 0. The molecule has 2 rings (SSSR count). The number of nitrogens with two attached hydrogens (primary N) is 1. The van der Waals surface area contributed by atoms with Gasteiger partial charge >= 0.3 is 0 Å². The highest BCUT2D eigenvalue weighted by molar-refractivity contribution is 5.67. The molecule has 108 valence electrons. The first-order chi connectivity index (χ1) is 9.43. The minimum absolute atomic E-state index is 0.128. The number of nitrogens with zero attached hydrogens (tertiary/aromatic N) is 3. The van der Waals surface area contributed by atoms with Crippen molar-refractivity contribution in [2.75, 3.05) is 18.0 Å². The van der Waals surface area contributed by atoms with Crippen LogP contribution in [0.1, 0.15) is 13.3 Å². The highest BCUT2D eigenvalue weighted by Crippen LogP contribution is 2.37. The van der Waals surface area contributed by atoms with Gasteiger partial charge in [-0.25, -0.2) is 0 Å². The molecule has 8 heteroatoms. The second-order valence-corrected chi connectivity index (χ2v) is 5.03. The molecule has 2 N–H and O–H groups in total. The van der Waals surface area contributed by atoms with Crippen LogP contribution in [0.25, 0.3) is 0 Å². The highest BCUT2D eigenvalue weighted by atomic mass is 16.6. The molecule has 1 aromatic rings. The fourth-order valence-corrected chi connectivity index (χ4v) is 2.66. The molecule has 0 spiro atoms. The number of hydrogen-bond acceptors (Lipinski definition) is 6. The lowest BCUT2D eigenvalue weighted by Gasteiger charge is -2.23. The first-order valence-electron chi connectivity index (χ1n) is 6.33. The van der Waals surface area contributed by atoms with E-state index in [0.29, 0.717) is 24.7 Å². The Morgan fingerprint density at radius 2 is 2.05 bits per heavy atom. The molecule has 20 heavy (non-hydrogen) atoms. The van der Waals surface area contributed by atoms with Gasteiger partial charge in [0.05, 0.1) is 15.9 Å². The van der Waals surface area contributed by atoms with Gasteiger partial charge in [0.25, 0.3) is 11.4 Å². The largest absolute Gasteiger partial charge is 0.363 e. The minimum atomic E-state index is -0.632. The van der Waals surface area contributed by atoms with Gasteiger partial charge in [0, 0.05) is 18.7 Å². The fourth-order valence-electron chi connectivity index (χ4n) is 2.66. The third-order valence-corrected chi connectivity index (χ3v) is 3.67. The van der Waals surface area contributed by atoms with Crippen LogP contribution in [-0.2, 0) is 0 Å². The predicted octanol–water partition coefficient (Wildman–Crippen LogP) is 1.68. The van der Waals surface area contributed by atoms with Crippen molar-refractivity contribution in [1.29, 1.82) is 0 Å². The quantitative estimate of drug-likeness (QED) is 0.662. The Bertz CT molecular complexity index is 548. The van der Waals surface area contributed by atoms with Crippen LogP contribution in [-0.4, -0.2) is 29.0 Å². The first-order valence-corrected chi connectivity index (χ1v) is 6.33. The molecule has 2 unspecified atom stereocenters. The maximum atomic E-state index is 11.1.